The van der Waals surface area contributed by atoms with E-state index in [1.807, 2.05) is 30.5 Å². The molecule has 0 amide bonds. The van der Waals surface area contributed by atoms with E-state index in [-0.39, 0.29) is 5.78 Å². The zero-order chi connectivity index (χ0) is 16.9. The molecule has 6 heteroatoms. The summed E-state index contributed by atoms with van der Waals surface area (Å²) in [6.45, 7) is 1.97. The topological polar surface area (TPSA) is 56.3 Å². The Labute approximate surface area is 149 Å². The van der Waals surface area contributed by atoms with Gasteiger partial charge in [0.05, 0.1) is 5.56 Å². The smallest absolute Gasteiger partial charge is 0.339 e. The minimum atomic E-state index is -0.575. The van der Waals surface area contributed by atoms with Crippen molar-refractivity contribution in [2.24, 2.45) is 0 Å². The predicted molar refractivity (Wildman–Crippen MR) is 95.5 cm³/mol. The number of benzene rings is 1. The zero-order valence-corrected chi connectivity index (χ0v) is 15.1. The van der Waals surface area contributed by atoms with Gasteiger partial charge in [-0.25, -0.2) is 9.78 Å². The maximum absolute atomic E-state index is 12.5. The fourth-order valence-corrected chi connectivity index (χ4v) is 4.51. The van der Waals surface area contributed by atoms with Crippen molar-refractivity contribution in [1.82, 2.24) is 4.98 Å². The number of esters is 1. The lowest BCUT2D eigenvalue weighted by atomic mass is 9.96. The van der Waals surface area contributed by atoms with E-state index < -0.39 is 12.1 Å². The number of thioether (sulfide) groups is 1. The van der Waals surface area contributed by atoms with Gasteiger partial charge in [-0.1, -0.05) is 30.0 Å². The number of hydrogen-bond donors (Lipinski definition) is 0. The summed E-state index contributed by atoms with van der Waals surface area (Å²) in [7, 11) is 0. The van der Waals surface area contributed by atoms with Crippen LogP contribution in [-0.2, 0) is 15.3 Å². The Morgan fingerprint density at radius 3 is 2.96 bits per heavy atom. The van der Waals surface area contributed by atoms with Crippen molar-refractivity contribution >= 4 is 34.9 Å². The van der Waals surface area contributed by atoms with Gasteiger partial charge in [0.1, 0.15) is 4.34 Å². The molecule has 1 aromatic carbocycles. The highest BCUT2D eigenvalue weighted by Gasteiger charge is 2.27. The van der Waals surface area contributed by atoms with Crippen molar-refractivity contribution in [1.29, 1.82) is 0 Å². The lowest BCUT2D eigenvalue weighted by Crippen LogP contribution is -2.30. The molecule has 1 aromatic heterocycles. The first-order valence-corrected chi connectivity index (χ1v) is 9.86. The minimum absolute atomic E-state index is 0.0414. The summed E-state index contributed by atoms with van der Waals surface area (Å²) in [6.07, 6.45) is 2.41. The Bertz CT molecular complexity index is 741. The van der Waals surface area contributed by atoms with E-state index >= 15 is 0 Å². The van der Waals surface area contributed by atoms with Crippen molar-refractivity contribution in [3.8, 4) is 0 Å². The summed E-state index contributed by atoms with van der Waals surface area (Å²) < 4.78 is 6.46. The number of nitrogens with zero attached hydrogens (tertiary/aromatic N) is 1. The molecule has 3 rings (SSSR count). The molecule has 0 aliphatic heterocycles. The van der Waals surface area contributed by atoms with Crippen molar-refractivity contribution in [2.75, 3.05) is 0 Å². The van der Waals surface area contributed by atoms with Gasteiger partial charge in [-0.15, -0.1) is 11.3 Å². The second-order valence-electron chi connectivity index (χ2n) is 5.81. The van der Waals surface area contributed by atoms with Crippen LogP contribution < -0.4 is 0 Å². The van der Waals surface area contributed by atoms with Crippen LogP contribution in [0.5, 0.6) is 0 Å². The Morgan fingerprint density at radius 1 is 1.38 bits per heavy atom. The highest BCUT2D eigenvalue weighted by molar-refractivity contribution is 8.00. The predicted octanol–water partition coefficient (Wildman–Crippen LogP) is 4.41. The Balaban J connectivity index is 1.68. The van der Waals surface area contributed by atoms with Crippen LogP contribution >= 0.6 is 23.1 Å². The molecule has 0 unspecified atom stereocenters. The number of aryl methyl sites for hydroxylation is 1. The molecule has 24 heavy (non-hydrogen) atoms. The average Bonchev–Trinajstić information content (AvgIpc) is 3.01. The van der Waals surface area contributed by atoms with E-state index in [0.717, 1.165) is 28.4 Å². The third kappa shape index (κ3) is 4.24. The minimum Gasteiger partial charge on any atom is -0.451 e. The third-order valence-electron chi connectivity index (χ3n) is 3.93. The molecule has 0 N–H and O–H groups in total. The van der Waals surface area contributed by atoms with Crippen LogP contribution in [0.1, 0.15) is 47.3 Å². The van der Waals surface area contributed by atoms with E-state index in [0.29, 0.717) is 24.2 Å². The number of Topliss-reactive ketones (excluding diaryl/α,β-unsaturated/α-hetero) is 1. The van der Waals surface area contributed by atoms with Crippen LogP contribution in [0, 0.1) is 6.92 Å². The molecule has 4 nitrogen and oxygen atoms in total. The molecule has 1 heterocycles. The summed E-state index contributed by atoms with van der Waals surface area (Å²) in [5, 5.41) is 2.01. The Morgan fingerprint density at radius 2 is 2.21 bits per heavy atom. The molecular weight excluding hydrogens is 342 g/mol. The maximum atomic E-state index is 12.5. The fraction of sp³-hybridized carbons (Fsp3) is 0.389. The molecule has 1 saturated carbocycles. The number of rotatable bonds is 5. The second kappa shape index (κ2) is 7.94. The van der Waals surface area contributed by atoms with Crippen molar-refractivity contribution < 1.29 is 14.3 Å². The summed E-state index contributed by atoms with van der Waals surface area (Å²) in [5.74, 6) is 0.290. The van der Waals surface area contributed by atoms with Crippen LogP contribution in [0.15, 0.2) is 34.0 Å². The van der Waals surface area contributed by atoms with E-state index in [9.17, 15) is 9.59 Å². The van der Waals surface area contributed by atoms with Crippen LogP contribution in [0.4, 0.5) is 0 Å². The van der Waals surface area contributed by atoms with Gasteiger partial charge in [0, 0.05) is 23.2 Å². The SMILES string of the molecule is Cc1csc(SCc2ccccc2C(=O)O[C@H]2CCCCC2=O)n1. The van der Waals surface area contributed by atoms with Gasteiger partial charge in [0.15, 0.2) is 11.9 Å². The Kier molecular flexibility index (Phi) is 5.68. The van der Waals surface area contributed by atoms with Crippen LogP contribution in [0.2, 0.25) is 0 Å². The largest absolute Gasteiger partial charge is 0.451 e. The third-order valence-corrected chi connectivity index (χ3v) is 6.12. The second-order valence-corrected chi connectivity index (χ2v) is 7.89. The first kappa shape index (κ1) is 17.2. The lowest BCUT2D eigenvalue weighted by Gasteiger charge is -2.21. The first-order chi connectivity index (χ1) is 11.6. The van der Waals surface area contributed by atoms with Crippen molar-refractivity contribution in [3.05, 3.63) is 46.5 Å². The summed E-state index contributed by atoms with van der Waals surface area (Å²) in [5.41, 5.74) is 2.45. The van der Waals surface area contributed by atoms with E-state index in [4.69, 9.17) is 4.74 Å². The van der Waals surface area contributed by atoms with Gasteiger partial charge in [-0.3, -0.25) is 4.79 Å². The van der Waals surface area contributed by atoms with Gasteiger partial charge >= 0.3 is 5.97 Å². The highest BCUT2D eigenvalue weighted by atomic mass is 32.2. The molecule has 2 aromatic rings. The van der Waals surface area contributed by atoms with Gasteiger partial charge in [-0.05, 0) is 37.8 Å². The Hall–Kier alpha value is -1.66. The van der Waals surface area contributed by atoms with Crippen LogP contribution in [0.25, 0.3) is 0 Å². The van der Waals surface area contributed by atoms with Crippen LogP contribution in [-0.4, -0.2) is 22.8 Å². The summed E-state index contributed by atoms with van der Waals surface area (Å²) in [6, 6.07) is 7.41. The number of carbonyl (C=O) groups is 2. The first-order valence-electron chi connectivity index (χ1n) is 8.00. The molecular formula is C18H19NO3S2. The molecule has 1 fully saturated rings. The molecule has 1 aliphatic carbocycles. The standard InChI is InChI=1S/C18H19NO3S2/c1-12-10-23-18(19-12)24-11-13-6-2-3-7-14(13)17(21)22-16-9-5-4-8-15(16)20/h2-3,6-7,10,16H,4-5,8-9,11H2,1H3/t16-/m0/s1. The lowest BCUT2D eigenvalue weighted by molar-refractivity contribution is -0.129. The van der Waals surface area contributed by atoms with Crippen LogP contribution in [0.3, 0.4) is 0 Å². The molecule has 0 radical (unpaired) electrons. The van der Waals surface area contributed by atoms with Gasteiger partial charge in [-0.2, -0.15) is 0 Å². The highest BCUT2D eigenvalue weighted by Crippen LogP contribution is 2.28. The summed E-state index contributed by atoms with van der Waals surface area (Å²) in [4.78, 5) is 28.8. The number of ether oxygens (including phenoxy) is 1. The maximum Gasteiger partial charge on any atom is 0.339 e. The van der Waals surface area contributed by atoms with Gasteiger partial charge < -0.3 is 4.74 Å². The van der Waals surface area contributed by atoms with Gasteiger partial charge in [0.2, 0.25) is 0 Å². The fourth-order valence-electron chi connectivity index (χ4n) is 2.65. The van der Waals surface area contributed by atoms with Gasteiger partial charge in [0.25, 0.3) is 0 Å². The van der Waals surface area contributed by atoms with Crippen molar-refractivity contribution in [3.63, 3.8) is 0 Å². The monoisotopic (exact) mass is 361 g/mol. The molecule has 1 atom stereocenters. The van der Waals surface area contributed by atoms with E-state index in [1.165, 1.54) is 0 Å². The molecule has 0 bridgehead atoms. The number of aromatic nitrogens is 1. The van der Waals surface area contributed by atoms with E-state index in [2.05, 4.69) is 4.98 Å². The number of thiazole rings is 1. The molecule has 0 spiro atoms. The number of hydrogen-bond acceptors (Lipinski definition) is 6. The molecule has 0 saturated heterocycles. The molecule has 126 valence electrons. The average molecular weight is 361 g/mol. The zero-order valence-electron chi connectivity index (χ0n) is 13.5. The normalized spacial score (nSPS) is 17.7. The summed E-state index contributed by atoms with van der Waals surface area (Å²) >= 11 is 3.21. The number of carbonyl (C=O) groups excluding carboxylic acids is 2. The van der Waals surface area contributed by atoms with E-state index in [1.54, 1.807) is 29.2 Å². The van der Waals surface area contributed by atoms with Crippen molar-refractivity contribution in [2.45, 2.75) is 48.8 Å². The number of ketones is 1. The quantitative estimate of drug-likeness (QED) is 0.583. The molecule has 1 aliphatic rings.